The SMILES string of the molecule is CC1CC(C)CN(C(=O)COC(=O)CSc2ccc(Cl)c(Cl)c2Cl)C1. The summed E-state index contributed by atoms with van der Waals surface area (Å²) in [7, 11) is 0. The van der Waals surface area contributed by atoms with Crippen LogP contribution in [0.2, 0.25) is 15.1 Å². The highest BCUT2D eigenvalue weighted by atomic mass is 35.5. The molecule has 0 radical (unpaired) electrons. The number of esters is 1. The predicted octanol–water partition coefficient (Wildman–Crippen LogP) is 4.79. The Morgan fingerprint density at radius 1 is 1.16 bits per heavy atom. The summed E-state index contributed by atoms with van der Waals surface area (Å²) in [5.41, 5.74) is 0. The molecule has 1 saturated heterocycles. The van der Waals surface area contributed by atoms with Crippen LogP contribution in [-0.4, -0.2) is 42.2 Å². The molecule has 8 heteroatoms. The number of piperidine rings is 1. The zero-order chi connectivity index (χ0) is 18.6. The van der Waals surface area contributed by atoms with Gasteiger partial charge >= 0.3 is 5.97 Å². The Hall–Kier alpha value is -0.620. The van der Waals surface area contributed by atoms with Crippen LogP contribution < -0.4 is 0 Å². The van der Waals surface area contributed by atoms with E-state index in [1.165, 1.54) is 11.8 Å². The second-order valence-corrected chi connectivity index (χ2v) is 8.55. The van der Waals surface area contributed by atoms with Gasteiger partial charge in [0.05, 0.1) is 20.8 Å². The van der Waals surface area contributed by atoms with Gasteiger partial charge in [-0.25, -0.2) is 0 Å². The zero-order valence-corrected chi connectivity index (χ0v) is 17.1. The molecular formula is C17H20Cl3NO3S. The van der Waals surface area contributed by atoms with Crippen LogP contribution in [0.1, 0.15) is 20.3 Å². The number of rotatable bonds is 5. The molecule has 4 nitrogen and oxygen atoms in total. The zero-order valence-electron chi connectivity index (χ0n) is 14.1. The minimum atomic E-state index is -0.474. The lowest BCUT2D eigenvalue weighted by Crippen LogP contribution is -2.44. The molecule has 1 aromatic rings. The van der Waals surface area contributed by atoms with Crippen LogP contribution in [0.5, 0.6) is 0 Å². The average molecular weight is 425 g/mol. The minimum Gasteiger partial charge on any atom is -0.455 e. The number of thioether (sulfide) groups is 1. The standard InChI is InChI=1S/C17H20Cl3NO3S/c1-10-5-11(2)7-21(6-10)14(22)8-24-15(23)9-25-13-4-3-12(18)16(19)17(13)20/h3-4,10-11H,5-9H2,1-2H3. The van der Waals surface area contributed by atoms with E-state index in [1.807, 2.05) is 0 Å². The van der Waals surface area contributed by atoms with Crippen molar-refractivity contribution < 1.29 is 14.3 Å². The van der Waals surface area contributed by atoms with Gasteiger partial charge in [-0.2, -0.15) is 0 Å². The van der Waals surface area contributed by atoms with Gasteiger partial charge < -0.3 is 9.64 Å². The second-order valence-electron chi connectivity index (χ2n) is 6.37. The summed E-state index contributed by atoms with van der Waals surface area (Å²) in [5, 5.41) is 0.915. The molecule has 25 heavy (non-hydrogen) atoms. The summed E-state index contributed by atoms with van der Waals surface area (Å²) < 4.78 is 5.09. The van der Waals surface area contributed by atoms with Gasteiger partial charge in [-0.3, -0.25) is 9.59 Å². The number of likely N-dealkylation sites (tertiary alicyclic amines) is 1. The maximum absolute atomic E-state index is 12.2. The van der Waals surface area contributed by atoms with Crippen molar-refractivity contribution in [1.82, 2.24) is 4.90 Å². The summed E-state index contributed by atoms with van der Waals surface area (Å²) in [5.74, 6) is 0.354. The van der Waals surface area contributed by atoms with Crippen LogP contribution in [0, 0.1) is 11.8 Å². The molecule has 0 aromatic heterocycles. The van der Waals surface area contributed by atoms with E-state index < -0.39 is 5.97 Å². The van der Waals surface area contributed by atoms with Gasteiger partial charge in [-0.1, -0.05) is 48.7 Å². The minimum absolute atomic E-state index is 0.0395. The van der Waals surface area contributed by atoms with E-state index >= 15 is 0 Å². The summed E-state index contributed by atoms with van der Waals surface area (Å²) in [6.45, 7) is 5.45. The number of benzene rings is 1. The van der Waals surface area contributed by atoms with Crippen molar-refractivity contribution in [3.05, 3.63) is 27.2 Å². The molecule has 1 aliphatic rings. The Bertz CT molecular complexity index is 646. The number of halogens is 3. The van der Waals surface area contributed by atoms with Crippen molar-refractivity contribution in [3.63, 3.8) is 0 Å². The van der Waals surface area contributed by atoms with Crippen LogP contribution in [-0.2, 0) is 14.3 Å². The van der Waals surface area contributed by atoms with E-state index in [1.54, 1.807) is 17.0 Å². The molecule has 2 atom stereocenters. The third-order valence-electron chi connectivity index (χ3n) is 3.92. The molecule has 0 bridgehead atoms. The van der Waals surface area contributed by atoms with Gasteiger partial charge in [0.1, 0.15) is 0 Å². The second kappa shape index (κ2) is 9.36. The van der Waals surface area contributed by atoms with E-state index in [-0.39, 0.29) is 23.3 Å². The van der Waals surface area contributed by atoms with E-state index in [0.29, 0.717) is 39.9 Å². The molecule has 0 saturated carbocycles. The van der Waals surface area contributed by atoms with Crippen molar-refractivity contribution in [2.24, 2.45) is 11.8 Å². The smallest absolute Gasteiger partial charge is 0.316 e. The van der Waals surface area contributed by atoms with Crippen LogP contribution >= 0.6 is 46.6 Å². The monoisotopic (exact) mass is 423 g/mol. The number of ether oxygens (including phenoxy) is 1. The fraction of sp³-hybridized carbons (Fsp3) is 0.529. The molecule has 1 aromatic carbocycles. The molecule has 2 unspecified atom stereocenters. The largest absolute Gasteiger partial charge is 0.455 e. The van der Waals surface area contributed by atoms with Gasteiger partial charge in [-0.15, -0.1) is 11.8 Å². The quantitative estimate of drug-likeness (QED) is 0.387. The van der Waals surface area contributed by atoms with Gasteiger partial charge in [-0.05, 0) is 30.4 Å². The Kier molecular flexibility index (Phi) is 7.74. The van der Waals surface area contributed by atoms with Crippen molar-refractivity contribution in [3.8, 4) is 0 Å². The highest BCUT2D eigenvalue weighted by Gasteiger charge is 2.26. The summed E-state index contributed by atoms with van der Waals surface area (Å²) in [4.78, 5) is 26.5. The normalized spacial score (nSPS) is 20.4. The van der Waals surface area contributed by atoms with E-state index in [0.717, 1.165) is 6.42 Å². The van der Waals surface area contributed by atoms with Crippen molar-refractivity contribution in [1.29, 1.82) is 0 Å². The van der Waals surface area contributed by atoms with Crippen LogP contribution in [0.4, 0.5) is 0 Å². The van der Waals surface area contributed by atoms with Crippen LogP contribution in [0.25, 0.3) is 0 Å². The summed E-state index contributed by atoms with van der Waals surface area (Å²) in [6.07, 6.45) is 1.12. The number of nitrogens with zero attached hydrogens (tertiary/aromatic N) is 1. The Balaban J connectivity index is 1.79. The molecule has 0 aliphatic carbocycles. The van der Waals surface area contributed by atoms with Gasteiger partial charge in [0.25, 0.3) is 5.91 Å². The van der Waals surface area contributed by atoms with Crippen LogP contribution in [0.3, 0.4) is 0 Å². The molecule has 1 amide bonds. The molecule has 2 rings (SSSR count). The topological polar surface area (TPSA) is 46.6 Å². The predicted molar refractivity (Wildman–Crippen MR) is 103 cm³/mol. The number of carbonyl (C=O) groups excluding carboxylic acids is 2. The Morgan fingerprint density at radius 3 is 2.44 bits per heavy atom. The molecule has 0 spiro atoms. The first-order valence-electron chi connectivity index (χ1n) is 7.97. The molecule has 1 fully saturated rings. The summed E-state index contributed by atoms with van der Waals surface area (Å²) in [6, 6.07) is 3.31. The molecule has 138 valence electrons. The Morgan fingerprint density at radius 2 is 1.80 bits per heavy atom. The van der Waals surface area contributed by atoms with E-state index in [4.69, 9.17) is 39.5 Å². The highest BCUT2D eigenvalue weighted by molar-refractivity contribution is 8.00. The Labute approximate surface area is 167 Å². The van der Waals surface area contributed by atoms with Gasteiger partial charge in [0.2, 0.25) is 0 Å². The molecule has 1 heterocycles. The van der Waals surface area contributed by atoms with Gasteiger partial charge in [0.15, 0.2) is 6.61 Å². The fourth-order valence-corrected chi connectivity index (χ4v) is 4.40. The fourth-order valence-electron chi connectivity index (χ4n) is 2.90. The van der Waals surface area contributed by atoms with Crippen LogP contribution in [0.15, 0.2) is 17.0 Å². The number of hydrogen-bond acceptors (Lipinski definition) is 4. The van der Waals surface area contributed by atoms with E-state index in [2.05, 4.69) is 13.8 Å². The first kappa shape index (κ1) is 20.7. The maximum Gasteiger partial charge on any atom is 0.316 e. The highest BCUT2D eigenvalue weighted by Crippen LogP contribution is 2.37. The van der Waals surface area contributed by atoms with Crippen molar-refractivity contribution in [2.45, 2.75) is 25.2 Å². The first-order chi connectivity index (χ1) is 11.8. The average Bonchev–Trinajstić information content (AvgIpc) is 2.56. The summed E-state index contributed by atoms with van der Waals surface area (Å²) >= 11 is 19.1. The molecule has 1 aliphatic heterocycles. The maximum atomic E-state index is 12.2. The lowest BCUT2D eigenvalue weighted by atomic mass is 9.92. The third kappa shape index (κ3) is 5.95. The van der Waals surface area contributed by atoms with Crippen molar-refractivity contribution in [2.75, 3.05) is 25.4 Å². The molecule has 0 N–H and O–H groups in total. The number of amides is 1. The molecular weight excluding hydrogens is 405 g/mol. The van der Waals surface area contributed by atoms with Gasteiger partial charge in [0, 0.05) is 18.0 Å². The third-order valence-corrected chi connectivity index (χ3v) is 6.36. The number of hydrogen-bond donors (Lipinski definition) is 0. The lowest BCUT2D eigenvalue weighted by molar-refractivity contribution is -0.151. The number of carbonyl (C=O) groups is 2. The van der Waals surface area contributed by atoms with E-state index in [9.17, 15) is 9.59 Å². The first-order valence-corrected chi connectivity index (χ1v) is 10.1. The van der Waals surface area contributed by atoms with Crippen molar-refractivity contribution >= 4 is 58.4 Å². The lowest BCUT2D eigenvalue weighted by Gasteiger charge is -2.34.